The number of rotatable bonds is 11. The number of carbonyl (C=O) groups excluding carboxylic acids is 1. The standard InChI is InChI=1S/C24H26Br2N2O2/c1-2-3-4-5-6-10-13-30-23-21(25)15-18(16-22(23)26)14-19(17-27)24(29)28-20-11-8-7-9-12-20/h7-9,11-12,14-16H,2-6,10,13H2,1H3,(H,28,29)/b19-14+. The van der Waals surface area contributed by atoms with Crippen molar-refractivity contribution in [3.8, 4) is 11.8 Å². The fourth-order valence-electron chi connectivity index (χ4n) is 2.89. The first-order valence-electron chi connectivity index (χ1n) is 10.1. The number of anilines is 1. The van der Waals surface area contributed by atoms with Crippen molar-refractivity contribution in [1.29, 1.82) is 5.26 Å². The predicted octanol–water partition coefficient (Wildman–Crippen LogP) is 7.50. The SMILES string of the molecule is CCCCCCCCOc1c(Br)cc(/C=C(\C#N)C(=O)Nc2ccccc2)cc1Br. The summed E-state index contributed by atoms with van der Waals surface area (Å²) in [7, 11) is 0. The van der Waals surface area contributed by atoms with Gasteiger partial charge in [-0.15, -0.1) is 0 Å². The Balaban J connectivity index is 2.00. The van der Waals surface area contributed by atoms with Crippen LogP contribution >= 0.6 is 31.9 Å². The van der Waals surface area contributed by atoms with E-state index in [1.54, 1.807) is 18.2 Å². The number of halogens is 2. The van der Waals surface area contributed by atoms with Crippen molar-refractivity contribution < 1.29 is 9.53 Å². The zero-order chi connectivity index (χ0) is 21.8. The van der Waals surface area contributed by atoms with Gasteiger partial charge in [0.15, 0.2) is 0 Å². The molecule has 0 radical (unpaired) electrons. The summed E-state index contributed by atoms with van der Waals surface area (Å²) in [6.07, 6.45) is 8.81. The second kappa shape index (κ2) is 13.3. The van der Waals surface area contributed by atoms with Gasteiger partial charge in [-0.1, -0.05) is 57.2 Å². The van der Waals surface area contributed by atoms with Crippen LogP contribution in [0.1, 0.15) is 51.0 Å². The lowest BCUT2D eigenvalue weighted by atomic mass is 10.1. The first kappa shape index (κ1) is 24.2. The Morgan fingerprint density at radius 2 is 1.70 bits per heavy atom. The molecule has 0 spiro atoms. The first-order chi connectivity index (χ1) is 14.5. The Kier molecular flexibility index (Phi) is 10.7. The average Bonchev–Trinajstić information content (AvgIpc) is 2.73. The number of benzene rings is 2. The summed E-state index contributed by atoms with van der Waals surface area (Å²) in [5.41, 5.74) is 1.39. The third kappa shape index (κ3) is 7.97. The van der Waals surface area contributed by atoms with Crippen LogP contribution in [0.5, 0.6) is 5.75 Å². The molecule has 30 heavy (non-hydrogen) atoms. The van der Waals surface area contributed by atoms with Gasteiger partial charge in [0, 0.05) is 5.69 Å². The van der Waals surface area contributed by atoms with Gasteiger partial charge in [-0.25, -0.2) is 0 Å². The van der Waals surface area contributed by atoms with E-state index in [9.17, 15) is 10.1 Å². The largest absolute Gasteiger partial charge is 0.491 e. The summed E-state index contributed by atoms with van der Waals surface area (Å²) in [6, 6.07) is 14.7. The number of para-hydroxylation sites is 1. The second-order valence-corrected chi connectivity index (χ2v) is 8.63. The van der Waals surface area contributed by atoms with Gasteiger partial charge in [0.25, 0.3) is 5.91 Å². The maximum absolute atomic E-state index is 12.4. The average molecular weight is 534 g/mol. The Hall–Kier alpha value is -2.10. The molecule has 0 aliphatic heterocycles. The molecule has 0 aliphatic rings. The molecule has 158 valence electrons. The van der Waals surface area contributed by atoms with Gasteiger partial charge < -0.3 is 10.1 Å². The van der Waals surface area contributed by atoms with Crippen molar-refractivity contribution in [2.24, 2.45) is 0 Å². The van der Waals surface area contributed by atoms with Crippen molar-refractivity contribution in [2.45, 2.75) is 45.4 Å². The summed E-state index contributed by atoms with van der Waals surface area (Å²) >= 11 is 7.07. The molecule has 0 aliphatic carbocycles. The molecule has 2 aromatic rings. The van der Waals surface area contributed by atoms with E-state index in [2.05, 4.69) is 44.1 Å². The first-order valence-corrected chi connectivity index (χ1v) is 11.7. The third-order valence-electron chi connectivity index (χ3n) is 4.47. The van der Waals surface area contributed by atoms with Crippen LogP contribution in [0.2, 0.25) is 0 Å². The number of nitrogens with zero attached hydrogens (tertiary/aromatic N) is 1. The molecule has 2 rings (SSSR count). The Bertz CT molecular complexity index is 882. The van der Waals surface area contributed by atoms with E-state index in [1.165, 1.54) is 25.7 Å². The lowest BCUT2D eigenvalue weighted by Gasteiger charge is -2.11. The molecule has 1 amide bonds. The summed E-state index contributed by atoms with van der Waals surface area (Å²) in [5.74, 6) is 0.285. The molecular formula is C24H26Br2N2O2. The smallest absolute Gasteiger partial charge is 0.266 e. The van der Waals surface area contributed by atoms with Crippen LogP contribution in [0.15, 0.2) is 57.0 Å². The Labute approximate surface area is 195 Å². The Morgan fingerprint density at radius 1 is 1.07 bits per heavy atom. The van der Waals surface area contributed by atoms with Crippen LogP contribution in [0.25, 0.3) is 6.08 Å². The lowest BCUT2D eigenvalue weighted by molar-refractivity contribution is -0.112. The molecule has 0 saturated heterocycles. The van der Waals surface area contributed by atoms with E-state index in [-0.39, 0.29) is 5.57 Å². The molecule has 2 aromatic carbocycles. The van der Waals surface area contributed by atoms with E-state index in [0.717, 1.165) is 33.1 Å². The van der Waals surface area contributed by atoms with Crippen LogP contribution in [0.4, 0.5) is 5.69 Å². The third-order valence-corrected chi connectivity index (χ3v) is 5.65. The fourth-order valence-corrected chi connectivity index (χ4v) is 4.34. The molecule has 6 heteroatoms. The van der Waals surface area contributed by atoms with Crippen molar-refractivity contribution >= 4 is 49.5 Å². The zero-order valence-corrected chi connectivity index (χ0v) is 20.3. The van der Waals surface area contributed by atoms with Gasteiger partial charge in [0.1, 0.15) is 17.4 Å². The van der Waals surface area contributed by atoms with Crippen LogP contribution in [0, 0.1) is 11.3 Å². The number of hydrogen-bond donors (Lipinski definition) is 1. The molecule has 1 N–H and O–H groups in total. The normalized spacial score (nSPS) is 11.1. The van der Waals surface area contributed by atoms with Crippen molar-refractivity contribution in [3.05, 3.63) is 62.5 Å². The summed E-state index contributed by atoms with van der Waals surface area (Å²) in [5, 5.41) is 12.2. The van der Waals surface area contributed by atoms with E-state index >= 15 is 0 Å². The molecule has 4 nitrogen and oxygen atoms in total. The molecule has 0 heterocycles. The van der Waals surface area contributed by atoms with Crippen LogP contribution in [0.3, 0.4) is 0 Å². The van der Waals surface area contributed by atoms with Gasteiger partial charge in [0.2, 0.25) is 0 Å². The van der Waals surface area contributed by atoms with Gasteiger partial charge in [-0.3, -0.25) is 4.79 Å². The van der Waals surface area contributed by atoms with Crippen LogP contribution < -0.4 is 10.1 Å². The molecule has 0 atom stereocenters. The van der Waals surface area contributed by atoms with Gasteiger partial charge in [-0.05, 0) is 74.2 Å². The van der Waals surface area contributed by atoms with Crippen LogP contribution in [-0.2, 0) is 4.79 Å². The molecule has 0 aromatic heterocycles. The van der Waals surface area contributed by atoms with Gasteiger partial charge in [-0.2, -0.15) is 5.26 Å². The number of hydrogen-bond acceptors (Lipinski definition) is 3. The predicted molar refractivity (Wildman–Crippen MR) is 129 cm³/mol. The molecular weight excluding hydrogens is 508 g/mol. The van der Waals surface area contributed by atoms with E-state index in [0.29, 0.717) is 12.3 Å². The second-order valence-electron chi connectivity index (χ2n) is 6.92. The van der Waals surface area contributed by atoms with E-state index in [4.69, 9.17) is 4.74 Å². The summed E-state index contributed by atoms with van der Waals surface area (Å²) in [4.78, 5) is 12.4. The highest BCUT2D eigenvalue weighted by Gasteiger charge is 2.12. The number of ether oxygens (including phenoxy) is 1. The quantitative estimate of drug-likeness (QED) is 0.185. The number of unbranched alkanes of at least 4 members (excludes halogenated alkanes) is 5. The fraction of sp³-hybridized carbons (Fsp3) is 0.333. The highest BCUT2D eigenvalue weighted by Crippen LogP contribution is 2.35. The zero-order valence-electron chi connectivity index (χ0n) is 17.1. The van der Waals surface area contributed by atoms with Gasteiger partial charge in [0.05, 0.1) is 15.6 Å². The maximum Gasteiger partial charge on any atom is 0.266 e. The molecule has 0 bridgehead atoms. The molecule has 0 unspecified atom stereocenters. The van der Waals surface area contributed by atoms with Crippen molar-refractivity contribution in [1.82, 2.24) is 0 Å². The number of amides is 1. The summed E-state index contributed by atoms with van der Waals surface area (Å²) in [6.45, 7) is 2.87. The monoisotopic (exact) mass is 532 g/mol. The van der Waals surface area contributed by atoms with Crippen LogP contribution in [-0.4, -0.2) is 12.5 Å². The number of nitriles is 1. The number of carbonyl (C=O) groups is 1. The lowest BCUT2D eigenvalue weighted by Crippen LogP contribution is -2.13. The van der Waals surface area contributed by atoms with Gasteiger partial charge >= 0.3 is 0 Å². The minimum Gasteiger partial charge on any atom is -0.491 e. The Morgan fingerprint density at radius 3 is 2.33 bits per heavy atom. The minimum absolute atomic E-state index is 0.0263. The molecule has 0 saturated carbocycles. The highest BCUT2D eigenvalue weighted by atomic mass is 79.9. The highest BCUT2D eigenvalue weighted by molar-refractivity contribution is 9.11. The number of nitrogens with one attached hydrogen (secondary N) is 1. The molecule has 0 fully saturated rings. The topological polar surface area (TPSA) is 62.1 Å². The minimum atomic E-state index is -0.445. The van der Waals surface area contributed by atoms with Crippen molar-refractivity contribution in [3.63, 3.8) is 0 Å². The van der Waals surface area contributed by atoms with E-state index in [1.807, 2.05) is 36.4 Å². The maximum atomic E-state index is 12.4. The van der Waals surface area contributed by atoms with Crippen molar-refractivity contribution in [2.75, 3.05) is 11.9 Å². The van der Waals surface area contributed by atoms with E-state index < -0.39 is 5.91 Å². The summed E-state index contributed by atoms with van der Waals surface area (Å²) < 4.78 is 7.47.